The first kappa shape index (κ1) is 19.7. The molecule has 27 heavy (non-hydrogen) atoms. The van der Waals surface area contributed by atoms with Crippen molar-refractivity contribution in [1.29, 1.82) is 0 Å². The smallest absolute Gasteiger partial charge is 0.250 e. The van der Waals surface area contributed by atoms with Gasteiger partial charge in [-0.05, 0) is 39.0 Å². The van der Waals surface area contributed by atoms with Crippen LogP contribution in [-0.2, 0) is 10.0 Å². The van der Waals surface area contributed by atoms with Crippen LogP contribution in [0.1, 0.15) is 17.2 Å². The Balaban J connectivity index is 1.64. The van der Waals surface area contributed by atoms with Gasteiger partial charge in [-0.15, -0.1) is 11.3 Å². The van der Waals surface area contributed by atoms with Gasteiger partial charge in [-0.1, -0.05) is 11.6 Å². The maximum atomic E-state index is 12.2. The van der Waals surface area contributed by atoms with E-state index in [1.807, 2.05) is 19.9 Å². The number of nitrogens with zero attached hydrogens (tertiary/aromatic N) is 4. The normalized spacial score (nSPS) is 11.7. The second kappa shape index (κ2) is 7.93. The molecule has 0 spiro atoms. The maximum Gasteiger partial charge on any atom is 0.250 e. The van der Waals surface area contributed by atoms with Gasteiger partial charge in [0.15, 0.2) is 5.82 Å². The molecule has 0 aliphatic heterocycles. The number of aromatic nitrogens is 4. The molecule has 144 valence electrons. The topological polar surface area (TPSA) is 102 Å². The van der Waals surface area contributed by atoms with Crippen LogP contribution in [0.25, 0.3) is 5.82 Å². The highest BCUT2D eigenvalue weighted by Gasteiger charge is 2.15. The van der Waals surface area contributed by atoms with Crippen molar-refractivity contribution in [2.45, 2.75) is 25.0 Å². The summed E-state index contributed by atoms with van der Waals surface area (Å²) in [5.41, 5.74) is 1.88. The van der Waals surface area contributed by atoms with Gasteiger partial charge in [0, 0.05) is 24.8 Å². The Labute approximate surface area is 166 Å². The van der Waals surface area contributed by atoms with Gasteiger partial charge in [-0.25, -0.2) is 27.8 Å². The summed E-state index contributed by atoms with van der Waals surface area (Å²) < 4.78 is 29.2. The highest BCUT2D eigenvalue weighted by atomic mass is 35.5. The Bertz CT molecular complexity index is 1060. The molecule has 0 atom stereocenters. The Morgan fingerprint density at radius 2 is 1.93 bits per heavy atom. The lowest BCUT2D eigenvalue weighted by Gasteiger charge is -2.10. The van der Waals surface area contributed by atoms with Crippen LogP contribution in [-0.4, -0.2) is 41.3 Å². The number of nitrogens with one attached hydrogen (secondary N) is 2. The number of anilines is 1. The van der Waals surface area contributed by atoms with Crippen LogP contribution in [0.3, 0.4) is 0 Å². The number of hydrogen-bond acceptors (Lipinski definition) is 7. The molecule has 3 aromatic heterocycles. The molecule has 0 aliphatic rings. The summed E-state index contributed by atoms with van der Waals surface area (Å²) in [5, 5.41) is 7.53. The van der Waals surface area contributed by atoms with Crippen molar-refractivity contribution >= 4 is 38.8 Å². The summed E-state index contributed by atoms with van der Waals surface area (Å²) in [7, 11) is -3.56. The zero-order chi connectivity index (χ0) is 19.6. The highest BCUT2D eigenvalue weighted by molar-refractivity contribution is 7.91. The third-order valence-corrected chi connectivity index (χ3v) is 6.77. The van der Waals surface area contributed by atoms with E-state index in [0.717, 1.165) is 22.7 Å². The molecule has 3 heterocycles. The monoisotopic (exact) mass is 426 g/mol. The molecular formula is C16H19ClN6O2S2. The zero-order valence-corrected chi connectivity index (χ0v) is 17.4. The zero-order valence-electron chi connectivity index (χ0n) is 15.0. The van der Waals surface area contributed by atoms with Crippen molar-refractivity contribution in [2.75, 3.05) is 18.4 Å². The van der Waals surface area contributed by atoms with Gasteiger partial charge in [0.2, 0.25) is 10.0 Å². The lowest BCUT2D eigenvalue weighted by molar-refractivity contribution is 0.585. The maximum absolute atomic E-state index is 12.2. The lowest BCUT2D eigenvalue weighted by atomic mass is 10.4. The van der Waals surface area contributed by atoms with Crippen molar-refractivity contribution < 1.29 is 8.42 Å². The second-order valence-electron chi connectivity index (χ2n) is 5.88. The first-order valence-electron chi connectivity index (χ1n) is 8.13. The average molecular weight is 427 g/mol. The summed E-state index contributed by atoms with van der Waals surface area (Å²) in [4.78, 5) is 8.75. The van der Waals surface area contributed by atoms with E-state index in [4.69, 9.17) is 11.6 Å². The summed E-state index contributed by atoms with van der Waals surface area (Å²) in [6.45, 7) is 6.24. The number of sulfonamides is 1. The summed E-state index contributed by atoms with van der Waals surface area (Å²) >= 11 is 6.81. The Morgan fingerprint density at radius 3 is 2.56 bits per heavy atom. The fourth-order valence-corrected chi connectivity index (χ4v) is 5.06. The van der Waals surface area contributed by atoms with Gasteiger partial charge in [-0.3, -0.25) is 0 Å². The number of rotatable bonds is 7. The largest absolute Gasteiger partial charge is 0.369 e. The number of halogens is 1. The van der Waals surface area contributed by atoms with Crippen LogP contribution in [0.15, 0.2) is 28.5 Å². The quantitative estimate of drug-likeness (QED) is 0.563. The van der Waals surface area contributed by atoms with Crippen LogP contribution >= 0.6 is 22.9 Å². The van der Waals surface area contributed by atoms with Gasteiger partial charge in [0.05, 0.1) is 10.0 Å². The molecule has 8 nitrogen and oxygen atoms in total. The van der Waals surface area contributed by atoms with Gasteiger partial charge >= 0.3 is 0 Å². The molecule has 0 saturated heterocycles. The van der Waals surface area contributed by atoms with Gasteiger partial charge in [0.1, 0.15) is 15.9 Å². The fourth-order valence-electron chi connectivity index (χ4n) is 2.50. The van der Waals surface area contributed by atoms with Crippen molar-refractivity contribution in [2.24, 2.45) is 0 Å². The molecule has 0 aromatic carbocycles. The molecule has 0 aliphatic carbocycles. The van der Waals surface area contributed by atoms with Crippen molar-refractivity contribution in [3.63, 3.8) is 0 Å². The molecule has 2 N–H and O–H groups in total. The fraction of sp³-hybridized carbons (Fsp3) is 0.312. The van der Waals surface area contributed by atoms with Gasteiger partial charge in [0.25, 0.3) is 0 Å². The third kappa shape index (κ3) is 4.83. The minimum absolute atomic E-state index is 0.192. The summed E-state index contributed by atoms with van der Waals surface area (Å²) in [5.74, 6) is 1.85. The van der Waals surface area contributed by atoms with E-state index < -0.39 is 10.0 Å². The van der Waals surface area contributed by atoms with E-state index in [0.29, 0.717) is 28.3 Å². The molecule has 0 saturated carbocycles. The summed E-state index contributed by atoms with van der Waals surface area (Å²) in [6.07, 6.45) is 0. The van der Waals surface area contributed by atoms with Crippen molar-refractivity contribution in [3.05, 3.63) is 45.8 Å². The van der Waals surface area contributed by atoms with Crippen LogP contribution in [0, 0.1) is 20.8 Å². The molecule has 0 bridgehead atoms. The summed E-state index contributed by atoms with van der Waals surface area (Å²) in [6, 6.07) is 6.79. The minimum atomic E-state index is -3.56. The first-order chi connectivity index (χ1) is 12.7. The van der Waals surface area contributed by atoms with Gasteiger partial charge in [-0.2, -0.15) is 5.10 Å². The van der Waals surface area contributed by atoms with Crippen LogP contribution in [0.2, 0.25) is 4.34 Å². The number of aryl methyl sites for hydroxylation is 3. The second-order valence-corrected chi connectivity index (χ2v) is 9.59. The standard InChI is InChI=1S/C16H19ClN6O2S2/c1-10-8-11(2)23(22-10)15-9-14(20-12(3)21-15)18-6-7-19-27(24,25)16-5-4-13(17)26-16/h4-5,8-9,19H,6-7H2,1-3H3,(H,18,20,21). The number of thiophene rings is 1. The molecule has 0 fully saturated rings. The van der Waals surface area contributed by atoms with E-state index in [9.17, 15) is 8.42 Å². The SMILES string of the molecule is Cc1cc(C)n(-c2cc(NCCNS(=O)(=O)c3ccc(Cl)s3)nc(C)n2)n1. The molecule has 0 unspecified atom stereocenters. The Kier molecular flexibility index (Phi) is 5.80. The van der Waals surface area contributed by atoms with Crippen molar-refractivity contribution in [1.82, 2.24) is 24.5 Å². The lowest BCUT2D eigenvalue weighted by Crippen LogP contribution is -2.28. The van der Waals surface area contributed by atoms with E-state index in [1.165, 1.54) is 6.07 Å². The number of hydrogen-bond donors (Lipinski definition) is 2. The third-order valence-electron chi connectivity index (χ3n) is 3.59. The molecule has 0 radical (unpaired) electrons. The predicted octanol–water partition coefficient (Wildman–Crippen LogP) is 2.69. The molecular weight excluding hydrogens is 408 g/mol. The van der Waals surface area contributed by atoms with E-state index in [-0.39, 0.29) is 10.8 Å². The molecule has 3 aromatic rings. The van der Waals surface area contributed by atoms with Gasteiger partial charge < -0.3 is 5.32 Å². The van der Waals surface area contributed by atoms with Crippen LogP contribution in [0.4, 0.5) is 5.82 Å². The average Bonchev–Trinajstić information content (AvgIpc) is 3.17. The van der Waals surface area contributed by atoms with E-state index in [2.05, 4.69) is 25.1 Å². The van der Waals surface area contributed by atoms with Crippen LogP contribution in [0.5, 0.6) is 0 Å². The Hall–Kier alpha value is -2.01. The Morgan fingerprint density at radius 1 is 1.15 bits per heavy atom. The predicted molar refractivity (Wildman–Crippen MR) is 106 cm³/mol. The molecule has 11 heteroatoms. The molecule has 3 rings (SSSR count). The van der Waals surface area contributed by atoms with Crippen molar-refractivity contribution in [3.8, 4) is 5.82 Å². The minimum Gasteiger partial charge on any atom is -0.369 e. The molecule has 0 amide bonds. The van der Waals surface area contributed by atoms with E-state index in [1.54, 1.807) is 23.7 Å². The first-order valence-corrected chi connectivity index (χ1v) is 10.8. The highest BCUT2D eigenvalue weighted by Crippen LogP contribution is 2.25. The van der Waals surface area contributed by atoms with E-state index >= 15 is 0 Å². The van der Waals surface area contributed by atoms with Crippen LogP contribution < -0.4 is 10.0 Å².